The highest BCUT2D eigenvalue weighted by Gasteiger charge is 2.25. The van der Waals surface area contributed by atoms with Gasteiger partial charge < -0.3 is 9.64 Å². The molecule has 1 fully saturated rings. The van der Waals surface area contributed by atoms with Crippen LogP contribution in [0.25, 0.3) is 5.69 Å². The Labute approximate surface area is 150 Å². The fourth-order valence-corrected chi connectivity index (χ4v) is 3.56. The van der Waals surface area contributed by atoms with E-state index in [2.05, 4.69) is 10.2 Å². The highest BCUT2D eigenvalue weighted by atomic mass is 35.5. The van der Waals surface area contributed by atoms with Crippen molar-refractivity contribution in [3.63, 3.8) is 0 Å². The number of hydrogen-bond donors (Lipinski definition) is 0. The topological polar surface area (TPSA) is 60.2 Å². The van der Waals surface area contributed by atoms with Gasteiger partial charge in [-0.25, -0.2) is 0 Å². The van der Waals surface area contributed by atoms with Crippen molar-refractivity contribution in [3.05, 3.63) is 35.1 Å². The Morgan fingerprint density at radius 2 is 2.12 bits per heavy atom. The van der Waals surface area contributed by atoms with Crippen molar-refractivity contribution in [2.24, 2.45) is 0 Å². The molecule has 1 aliphatic rings. The number of carbonyl (C=O) groups excluding carboxylic acids is 1. The summed E-state index contributed by atoms with van der Waals surface area (Å²) in [5, 5.41) is 9.25. The van der Waals surface area contributed by atoms with Gasteiger partial charge in [-0.05, 0) is 31.5 Å². The number of amides is 1. The molecular weight excluding hydrogens is 348 g/mol. The minimum atomic E-state index is -0.244. The third kappa shape index (κ3) is 3.74. The number of benzene rings is 1. The molecule has 0 N–H and O–H groups in total. The van der Waals surface area contributed by atoms with Crippen molar-refractivity contribution in [3.8, 4) is 5.69 Å². The predicted molar refractivity (Wildman–Crippen MR) is 93.8 cm³/mol. The molecule has 1 atom stereocenters. The summed E-state index contributed by atoms with van der Waals surface area (Å²) in [5.41, 5.74) is 1.89. The number of ether oxygens (including phenoxy) is 1. The van der Waals surface area contributed by atoms with E-state index in [-0.39, 0.29) is 11.2 Å². The van der Waals surface area contributed by atoms with Crippen molar-refractivity contribution < 1.29 is 9.53 Å². The Kier molecular flexibility index (Phi) is 5.43. The molecule has 2 heterocycles. The number of aromatic nitrogens is 3. The van der Waals surface area contributed by atoms with Crippen LogP contribution >= 0.6 is 23.4 Å². The van der Waals surface area contributed by atoms with Gasteiger partial charge in [-0.1, -0.05) is 29.4 Å². The van der Waals surface area contributed by atoms with Gasteiger partial charge in [0.15, 0.2) is 5.16 Å². The van der Waals surface area contributed by atoms with Crippen LogP contribution in [0.3, 0.4) is 0 Å². The summed E-state index contributed by atoms with van der Waals surface area (Å²) in [4.78, 5) is 14.4. The summed E-state index contributed by atoms with van der Waals surface area (Å²) < 4.78 is 7.14. The molecule has 1 aromatic carbocycles. The van der Waals surface area contributed by atoms with Crippen LogP contribution < -0.4 is 0 Å². The van der Waals surface area contributed by atoms with Gasteiger partial charge in [0, 0.05) is 18.1 Å². The Balaban J connectivity index is 1.75. The molecule has 2 aromatic rings. The second-order valence-corrected chi connectivity index (χ2v) is 7.33. The molecule has 6 nitrogen and oxygen atoms in total. The molecule has 24 heavy (non-hydrogen) atoms. The first kappa shape index (κ1) is 17.3. The fraction of sp³-hybridized carbons (Fsp3) is 0.438. The average Bonchev–Trinajstić information content (AvgIpc) is 3.05. The fourth-order valence-electron chi connectivity index (χ4n) is 2.46. The van der Waals surface area contributed by atoms with Gasteiger partial charge in [0.25, 0.3) is 0 Å². The summed E-state index contributed by atoms with van der Waals surface area (Å²) in [5.74, 6) is 0.0970. The number of halogens is 1. The van der Waals surface area contributed by atoms with Crippen LogP contribution in [0.5, 0.6) is 0 Å². The zero-order valence-electron chi connectivity index (χ0n) is 13.6. The maximum atomic E-state index is 12.5. The average molecular weight is 367 g/mol. The zero-order chi connectivity index (χ0) is 17.1. The number of thioether (sulfide) groups is 1. The van der Waals surface area contributed by atoms with Gasteiger partial charge in [-0.15, -0.1) is 10.2 Å². The molecular formula is C16H19ClN4O2S. The van der Waals surface area contributed by atoms with E-state index >= 15 is 0 Å². The van der Waals surface area contributed by atoms with Crippen LogP contribution in [0.15, 0.2) is 29.7 Å². The highest BCUT2D eigenvalue weighted by Crippen LogP contribution is 2.27. The van der Waals surface area contributed by atoms with Crippen molar-refractivity contribution in [2.45, 2.75) is 24.3 Å². The Bertz CT molecular complexity index is 731. The zero-order valence-corrected chi connectivity index (χ0v) is 15.2. The molecule has 0 unspecified atom stereocenters. The van der Waals surface area contributed by atoms with E-state index in [1.807, 2.05) is 41.5 Å². The quantitative estimate of drug-likeness (QED) is 0.778. The number of aryl methyl sites for hydroxylation is 1. The third-order valence-corrected chi connectivity index (χ3v) is 5.35. The van der Waals surface area contributed by atoms with Crippen LogP contribution in [0.2, 0.25) is 5.02 Å². The maximum Gasteiger partial charge on any atom is 0.236 e. The van der Waals surface area contributed by atoms with E-state index in [1.54, 1.807) is 6.33 Å². The van der Waals surface area contributed by atoms with E-state index in [4.69, 9.17) is 16.3 Å². The van der Waals surface area contributed by atoms with Gasteiger partial charge >= 0.3 is 0 Å². The molecule has 1 aliphatic heterocycles. The van der Waals surface area contributed by atoms with Crippen molar-refractivity contribution in [1.82, 2.24) is 19.7 Å². The van der Waals surface area contributed by atoms with E-state index in [0.717, 1.165) is 11.3 Å². The molecule has 1 amide bonds. The van der Waals surface area contributed by atoms with Crippen LogP contribution in [0, 0.1) is 6.92 Å². The lowest BCUT2D eigenvalue weighted by Crippen LogP contribution is -2.44. The lowest BCUT2D eigenvalue weighted by Gasteiger charge is -2.28. The van der Waals surface area contributed by atoms with Crippen LogP contribution in [0.4, 0.5) is 0 Å². The molecule has 3 rings (SSSR count). The molecule has 8 heteroatoms. The summed E-state index contributed by atoms with van der Waals surface area (Å²) in [6, 6.07) is 5.79. The standard InChI is InChI=1S/C16H19ClN4O2S/c1-11-3-4-13(9-14(11)17)21-10-18-19-16(21)24-12(2)15(22)20-5-7-23-8-6-20/h3-4,9-10,12H,5-8H2,1-2H3/t12-/m0/s1. The summed E-state index contributed by atoms with van der Waals surface area (Å²) in [6.07, 6.45) is 1.63. The van der Waals surface area contributed by atoms with Crippen molar-refractivity contribution in [2.75, 3.05) is 26.3 Å². The molecule has 0 saturated carbocycles. The van der Waals surface area contributed by atoms with Crippen LogP contribution in [-0.4, -0.2) is 57.1 Å². The number of rotatable bonds is 4. The minimum absolute atomic E-state index is 0.0970. The van der Waals surface area contributed by atoms with E-state index in [9.17, 15) is 4.79 Å². The number of hydrogen-bond acceptors (Lipinski definition) is 5. The normalized spacial score (nSPS) is 16.2. The van der Waals surface area contributed by atoms with Crippen LogP contribution in [-0.2, 0) is 9.53 Å². The van der Waals surface area contributed by atoms with Gasteiger partial charge in [0.1, 0.15) is 6.33 Å². The van der Waals surface area contributed by atoms with E-state index < -0.39 is 0 Å². The van der Waals surface area contributed by atoms with Gasteiger partial charge in [-0.3, -0.25) is 9.36 Å². The second kappa shape index (κ2) is 7.55. The van der Waals surface area contributed by atoms with Crippen LogP contribution in [0.1, 0.15) is 12.5 Å². The largest absolute Gasteiger partial charge is 0.378 e. The third-order valence-electron chi connectivity index (χ3n) is 3.90. The summed E-state index contributed by atoms with van der Waals surface area (Å²) >= 11 is 7.60. The maximum absolute atomic E-state index is 12.5. The SMILES string of the molecule is Cc1ccc(-n2cnnc2S[C@@H](C)C(=O)N2CCOCC2)cc1Cl. The molecule has 0 bridgehead atoms. The Morgan fingerprint density at radius 3 is 2.83 bits per heavy atom. The number of morpholine rings is 1. The first-order chi connectivity index (χ1) is 11.6. The molecule has 0 radical (unpaired) electrons. The molecule has 128 valence electrons. The van der Waals surface area contributed by atoms with E-state index in [0.29, 0.717) is 36.5 Å². The first-order valence-electron chi connectivity index (χ1n) is 7.76. The van der Waals surface area contributed by atoms with Crippen molar-refractivity contribution >= 4 is 29.3 Å². The van der Waals surface area contributed by atoms with E-state index in [1.165, 1.54) is 11.8 Å². The monoisotopic (exact) mass is 366 g/mol. The van der Waals surface area contributed by atoms with Crippen molar-refractivity contribution in [1.29, 1.82) is 0 Å². The van der Waals surface area contributed by atoms with Gasteiger partial charge in [-0.2, -0.15) is 0 Å². The second-order valence-electron chi connectivity index (χ2n) is 5.61. The minimum Gasteiger partial charge on any atom is -0.378 e. The Morgan fingerprint density at radius 1 is 1.38 bits per heavy atom. The molecule has 0 aliphatic carbocycles. The molecule has 1 saturated heterocycles. The summed E-state index contributed by atoms with van der Waals surface area (Å²) in [7, 11) is 0. The highest BCUT2D eigenvalue weighted by molar-refractivity contribution is 8.00. The molecule has 0 spiro atoms. The Hall–Kier alpha value is -1.57. The lowest BCUT2D eigenvalue weighted by atomic mass is 10.2. The van der Waals surface area contributed by atoms with Gasteiger partial charge in [0.05, 0.1) is 24.2 Å². The first-order valence-corrected chi connectivity index (χ1v) is 9.02. The predicted octanol–water partition coefficient (Wildman–Crippen LogP) is 2.57. The summed E-state index contributed by atoms with van der Waals surface area (Å²) in [6.45, 7) is 6.33. The van der Waals surface area contributed by atoms with Gasteiger partial charge in [0.2, 0.25) is 5.91 Å². The lowest BCUT2D eigenvalue weighted by molar-refractivity contribution is -0.134. The smallest absolute Gasteiger partial charge is 0.236 e. The molecule has 1 aromatic heterocycles. The number of nitrogens with zero attached hydrogens (tertiary/aromatic N) is 4. The number of carbonyl (C=O) groups is 1.